The van der Waals surface area contributed by atoms with E-state index in [0.717, 1.165) is 12.2 Å². The maximum absolute atomic E-state index is 11.9. The quantitative estimate of drug-likeness (QED) is 0.247. The Morgan fingerprint density at radius 1 is 1.04 bits per heavy atom. The lowest BCUT2D eigenvalue weighted by Gasteiger charge is -2.19. The first kappa shape index (κ1) is 22.6. The number of rotatable bonds is 12. The van der Waals surface area contributed by atoms with Gasteiger partial charge in [-0.2, -0.15) is 0 Å². The summed E-state index contributed by atoms with van der Waals surface area (Å²) in [5.74, 6) is -0.333. The Labute approximate surface area is 162 Å². The highest BCUT2D eigenvalue weighted by Crippen LogP contribution is 2.25. The van der Waals surface area contributed by atoms with E-state index < -0.39 is 24.1 Å². The maximum atomic E-state index is 11.9. The third-order valence-corrected chi connectivity index (χ3v) is 3.13. The molecule has 9 heteroatoms. The molecule has 0 bridgehead atoms. The number of alkyl carbamates (subject to hydrolysis) is 1. The zero-order valence-corrected chi connectivity index (χ0v) is 15.6. The summed E-state index contributed by atoms with van der Waals surface area (Å²) >= 11 is 0. The van der Waals surface area contributed by atoms with Crippen LogP contribution < -0.4 is 14.8 Å². The fourth-order valence-electron chi connectivity index (χ4n) is 1.83. The topological polar surface area (TPSA) is 109 Å². The molecule has 0 saturated heterocycles. The van der Waals surface area contributed by atoms with Crippen LogP contribution in [0.3, 0.4) is 0 Å². The Bertz CT molecular complexity index is 688. The molecule has 1 rings (SSSR count). The molecule has 0 fully saturated rings. The summed E-state index contributed by atoms with van der Waals surface area (Å²) < 4.78 is 25.6. The summed E-state index contributed by atoms with van der Waals surface area (Å²) in [5, 5.41) is 2.40. The van der Waals surface area contributed by atoms with Crippen molar-refractivity contribution in [3.8, 4) is 11.5 Å². The van der Waals surface area contributed by atoms with Gasteiger partial charge in [0.15, 0.2) is 17.6 Å². The van der Waals surface area contributed by atoms with E-state index in [9.17, 15) is 14.4 Å². The van der Waals surface area contributed by atoms with Crippen LogP contribution in [-0.4, -0.2) is 57.6 Å². The van der Waals surface area contributed by atoms with E-state index >= 15 is 0 Å². The number of hydrogen-bond donors (Lipinski definition) is 1. The van der Waals surface area contributed by atoms with Crippen LogP contribution in [0.5, 0.6) is 11.5 Å². The van der Waals surface area contributed by atoms with Crippen molar-refractivity contribution in [1.82, 2.24) is 5.32 Å². The summed E-state index contributed by atoms with van der Waals surface area (Å²) in [6.07, 6.45) is 0.311. The first-order valence-corrected chi connectivity index (χ1v) is 8.28. The minimum absolute atomic E-state index is 0.0327. The van der Waals surface area contributed by atoms with E-state index in [-0.39, 0.29) is 26.4 Å². The molecule has 0 saturated carbocycles. The molecule has 0 aliphatic heterocycles. The molecule has 1 aromatic carbocycles. The smallest absolute Gasteiger partial charge is 0.407 e. The predicted octanol–water partition coefficient (Wildman–Crippen LogP) is 1.63. The van der Waals surface area contributed by atoms with Crippen LogP contribution in [0.25, 0.3) is 0 Å². The second-order valence-electron chi connectivity index (χ2n) is 5.12. The molecule has 9 nitrogen and oxygen atoms in total. The van der Waals surface area contributed by atoms with Crippen molar-refractivity contribution in [3.05, 3.63) is 49.6 Å². The number of carbonyl (C=O) groups excluding carboxylic acids is 3. The molecule has 1 amide bonds. The molecule has 1 unspecified atom stereocenters. The lowest BCUT2D eigenvalue weighted by molar-refractivity contribution is -0.141. The number of carbonyl (C=O) groups is 3. The number of ether oxygens (including phenoxy) is 5. The molecular formula is C19H23NO8. The number of esters is 2. The standard InChI is InChI=1S/C19H23NO8/c1-4-17(21)25-11-10-20-19(23)28-14(13-27-18(22)5-2)12-26-16-9-7-6-8-15(16)24-3/h4-9,14H,1-2,10-13H2,3H3,(H,20,23). The van der Waals surface area contributed by atoms with Gasteiger partial charge in [-0.25, -0.2) is 14.4 Å². The highest BCUT2D eigenvalue weighted by atomic mass is 16.6. The van der Waals surface area contributed by atoms with Gasteiger partial charge in [-0.3, -0.25) is 0 Å². The summed E-state index contributed by atoms with van der Waals surface area (Å²) in [6, 6.07) is 6.92. The highest BCUT2D eigenvalue weighted by molar-refractivity contribution is 5.81. The van der Waals surface area contributed by atoms with Gasteiger partial charge in [0.25, 0.3) is 0 Å². The van der Waals surface area contributed by atoms with Gasteiger partial charge in [-0.05, 0) is 12.1 Å². The van der Waals surface area contributed by atoms with E-state index in [1.54, 1.807) is 24.3 Å². The number of methoxy groups -OCH3 is 1. The van der Waals surface area contributed by atoms with Crippen molar-refractivity contribution < 1.29 is 38.1 Å². The average Bonchev–Trinajstić information content (AvgIpc) is 2.72. The molecule has 0 heterocycles. The van der Waals surface area contributed by atoms with Crippen LogP contribution in [-0.2, 0) is 23.8 Å². The van der Waals surface area contributed by atoms with Crippen LogP contribution in [0, 0.1) is 0 Å². The van der Waals surface area contributed by atoms with E-state index in [0.29, 0.717) is 11.5 Å². The minimum Gasteiger partial charge on any atom is -0.493 e. The zero-order valence-electron chi connectivity index (χ0n) is 15.6. The second-order valence-corrected chi connectivity index (χ2v) is 5.12. The van der Waals surface area contributed by atoms with Crippen molar-refractivity contribution in [2.45, 2.75) is 6.10 Å². The third kappa shape index (κ3) is 8.75. The predicted molar refractivity (Wildman–Crippen MR) is 99.1 cm³/mol. The minimum atomic E-state index is -0.899. The molecule has 1 aromatic rings. The number of benzene rings is 1. The number of amides is 1. The van der Waals surface area contributed by atoms with Gasteiger partial charge in [0.2, 0.25) is 0 Å². The van der Waals surface area contributed by atoms with Gasteiger partial charge in [0.05, 0.1) is 13.7 Å². The molecule has 0 aliphatic carbocycles. The van der Waals surface area contributed by atoms with Gasteiger partial charge in [-0.15, -0.1) is 0 Å². The molecule has 0 aliphatic rings. The van der Waals surface area contributed by atoms with Crippen LogP contribution >= 0.6 is 0 Å². The number of hydrogen-bond acceptors (Lipinski definition) is 8. The van der Waals surface area contributed by atoms with Crippen molar-refractivity contribution in [1.29, 1.82) is 0 Å². The van der Waals surface area contributed by atoms with Gasteiger partial charge in [0.1, 0.15) is 19.8 Å². The number of nitrogens with one attached hydrogen (secondary N) is 1. The number of para-hydroxylation sites is 2. The molecule has 1 N–H and O–H groups in total. The molecule has 0 aromatic heterocycles. The maximum Gasteiger partial charge on any atom is 0.407 e. The van der Waals surface area contributed by atoms with Crippen LogP contribution in [0.2, 0.25) is 0 Å². The average molecular weight is 393 g/mol. The Hall–Kier alpha value is -3.49. The Morgan fingerprint density at radius 2 is 1.68 bits per heavy atom. The summed E-state index contributed by atoms with van der Waals surface area (Å²) in [6.45, 7) is 6.21. The monoisotopic (exact) mass is 393 g/mol. The lowest BCUT2D eigenvalue weighted by Crippen LogP contribution is -2.36. The largest absolute Gasteiger partial charge is 0.493 e. The summed E-state index contributed by atoms with van der Waals surface area (Å²) in [4.78, 5) is 34.1. The van der Waals surface area contributed by atoms with E-state index in [2.05, 4.69) is 18.5 Å². The van der Waals surface area contributed by atoms with Gasteiger partial charge in [0, 0.05) is 12.2 Å². The van der Waals surface area contributed by atoms with Crippen molar-refractivity contribution in [2.24, 2.45) is 0 Å². The Morgan fingerprint density at radius 3 is 2.32 bits per heavy atom. The van der Waals surface area contributed by atoms with Gasteiger partial charge in [-0.1, -0.05) is 25.3 Å². The highest BCUT2D eigenvalue weighted by Gasteiger charge is 2.18. The fourth-order valence-corrected chi connectivity index (χ4v) is 1.83. The van der Waals surface area contributed by atoms with E-state index in [1.165, 1.54) is 7.11 Å². The summed E-state index contributed by atoms with van der Waals surface area (Å²) in [5.41, 5.74) is 0. The van der Waals surface area contributed by atoms with Crippen LogP contribution in [0.1, 0.15) is 0 Å². The molecule has 152 valence electrons. The van der Waals surface area contributed by atoms with Crippen LogP contribution in [0.15, 0.2) is 49.6 Å². The molecule has 0 spiro atoms. The van der Waals surface area contributed by atoms with Crippen LogP contribution in [0.4, 0.5) is 4.79 Å². The normalized spacial score (nSPS) is 10.8. The zero-order chi connectivity index (χ0) is 20.8. The van der Waals surface area contributed by atoms with Gasteiger partial charge < -0.3 is 29.0 Å². The SMILES string of the molecule is C=CC(=O)OCCNC(=O)OC(COC(=O)C=C)COc1ccccc1OC. The molecular weight excluding hydrogens is 370 g/mol. The van der Waals surface area contributed by atoms with Crippen molar-refractivity contribution in [3.63, 3.8) is 0 Å². The first-order valence-electron chi connectivity index (χ1n) is 8.28. The Balaban J connectivity index is 2.56. The van der Waals surface area contributed by atoms with Crippen molar-refractivity contribution >= 4 is 18.0 Å². The first-order chi connectivity index (χ1) is 13.5. The van der Waals surface area contributed by atoms with E-state index in [1.807, 2.05) is 0 Å². The molecule has 0 radical (unpaired) electrons. The Kier molecular flexibility index (Phi) is 10.3. The molecule has 1 atom stereocenters. The van der Waals surface area contributed by atoms with E-state index in [4.69, 9.17) is 23.7 Å². The lowest BCUT2D eigenvalue weighted by atomic mass is 10.3. The molecule has 28 heavy (non-hydrogen) atoms. The van der Waals surface area contributed by atoms with Crippen molar-refractivity contribution in [2.75, 3.05) is 33.5 Å². The fraction of sp³-hybridized carbons (Fsp3) is 0.316. The third-order valence-electron chi connectivity index (χ3n) is 3.13. The second kappa shape index (κ2) is 12.8. The van der Waals surface area contributed by atoms with Gasteiger partial charge >= 0.3 is 18.0 Å². The summed E-state index contributed by atoms with van der Waals surface area (Å²) in [7, 11) is 1.49.